The van der Waals surface area contributed by atoms with Gasteiger partial charge in [0.05, 0.1) is 17.9 Å². The maximum Gasteiger partial charge on any atom is 0.289 e. The van der Waals surface area contributed by atoms with Crippen LogP contribution in [0, 0.1) is 0 Å². The number of hydrogen-bond donors (Lipinski definition) is 0. The lowest BCUT2D eigenvalue weighted by Crippen LogP contribution is -2.36. The molecule has 150 valence electrons. The molecule has 3 aromatic rings. The molecule has 8 heteroatoms. The van der Waals surface area contributed by atoms with Gasteiger partial charge in [-0.1, -0.05) is 11.6 Å². The van der Waals surface area contributed by atoms with E-state index in [4.69, 9.17) is 30.2 Å². The maximum absolute atomic E-state index is 13.0. The van der Waals surface area contributed by atoms with E-state index >= 15 is 0 Å². The molecule has 1 unspecified atom stereocenters. The van der Waals surface area contributed by atoms with Gasteiger partial charge in [-0.25, -0.2) is 4.98 Å². The zero-order valence-electron chi connectivity index (χ0n) is 15.6. The number of hydrogen-bond acceptors (Lipinski definition) is 6. The number of fused-ring (bicyclic) bond motifs is 2. The Morgan fingerprint density at radius 2 is 2.10 bits per heavy atom. The number of pyridine rings is 1. The molecule has 1 fully saturated rings. The van der Waals surface area contributed by atoms with Gasteiger partial charge in [0.25, 0.3) is 5.91 Å². The molecule has 0 spiro atoms. The summed E-state index contributed by atoms with van der Waals surface area (Å²) in [5.74, 6) is 1.42. The van der Waals surface area contributed by atoms with Crippen LogP contribution in [0.3, 0.4) is 0 Å². The van der Waals surface area contributed by atoms with Crippen molar-refractivity contribution in [3.8, 4) is 11.5 Å². The highest BCUT2D eigenvalue weighted by molar-refractivity contribution is 6.30. The fourth-order valence-corrected chi connectivity index (χ4v) is 3.92. The number of amides is 1. The van der Waals surface area contributed by atoms with Crippen LogP contribution in [0.15, 0.2) is 41.0 Å². The third kappa shape index (κ3) is 3.63. The largest absolute Gasteiger partial charge is 0.459 e. The average molecular weight is 415 g/mol. The highest BCUT2D eigenvalue weighted by Gasteiger charge is 2.26. The van der Waals surface area contributed by atoms with Crippen molar-refractivity contribution in [3.63, 3.8) is 0 Å². The Hall–Kier alpha value is -2.77. The second-order valence-electron chi connectivity index (χ2n) is 7.13. The van der Waals surface area contributed by atoms with Crippen LogP contribution in [0.5, 0.6) is 11.5 Å². The van der Waals surface area contributed by atoms with Crippen molar-refractivity contribution in [2.45, 2.75) is 25.5 Å². The highest BCUT2D eigenvalue weighted by Crippen LogP contribution is 2.36. The van der Waals surface area contributed by atoms with E-state index in [1.54, 1.807) is 17.0 Å². The number of benzene rings is 1. The highest BCUT2D eigenvalue weighted by atomic mass is 35.5. The number of nitrogens with zero attached hydrogens (tertiary/aromatic N) is 2. The van der Waals surface area contributed by atoms with Gasteiger partial charge in [0, 0.05) is 36.7 Å². The lowest BCUT2D eigenvalue weighted by atomic mass is 10.1. The van der Waals surface area contributed by atoms with Crippen molar-refractivity contribution < 1.29 is 23.4 Å². The second-order valence-corrected chi connectivity index (χ2v) is 7.49. The molecule has 1 amide bonds. The number of halogens is 1. The number of carbonyl (C=O) groups is 1. The van der Waals surface area contributed by atoms with Crippen molar-refractivity contribution in [2.24, 2.45) is 0 Å². The normalized spacial score (nSPS) is 17.8. The summed E-state index contributed by atoms with van der Waals surface area (Å²) in [6.45, 7) is 1.68. The summed E-state index contributed by atoms with van der Waals surface area (Å²) in [7, 11) is 0. The van der Waals surface area contributed by atoms with Crippen LogP contribution >= 0.6 is 11.6 Å². The molecule has 2 aliphatic rings. The molecular formula is C21H19ClN2O5. The summed E-state index contributed by atoms with van der Waals surface area (Å²) in [4.78, 5) is 19.2. The molecule has 7 nitrogen and oxygen atoms in total. The Bertz CT molecular complexity index is 1050. The SMILES string of the molecule is O=C(c1ccco1)N(Cc1cc2cc3c(cc2nc1Cl)OCO3)CC1CCCO1. The Kier molecular flexibility index (Phi) is 4.77. The fraction of sp³-hybridized carbons (Fsp3) is 0.333. The summed E-state index contributed by atoms with van der Waals surface area (Å²) >= 11 is 6.47. The lowest BCUT2D eigenvalue weighted by Gasteiger charge is -2.25. The fourth-order valence-electron chi connectivity index (χ4n) is 3.71. The Morgan fingerprint density at radius 1 is 1.24 bits per heavy atom. The molecule has 0 N–H and O–H groups in total. The van der Waals surface area contributed by atoms with E-state index in [0.29, 0.717) is 35.3 Å². The van der Waals surface area contributed by atoms with Gasteiger partial charge in [0.1, 0.15) is 5.15 Å². The van der Waals surface area contributed by atoms with Gasteiger partial charge >= 0.3 is 0 Å². The predicted octanol–water partition coefficient (Wildman–Crippen LogP) is 4.03. The summed E-state index contributed by atoms with van der Waals surface area (Å²) in [6.07, 6.45) is 3.42. The lowest BCUT2D eigenvalue weighted by molar-refractivity contribution is 0.0484. The summed E-state index contributed by atoms with van der Waals surface area (Å²) in [6, 6.07) is 8.98. The average Bonchev–Trinajstić information content (AvgIpc) is 3.48. The van der Waals surface area contributed by atoms with Gasteiger partial charge < -0.3 is 23.5 Å². The summed E-state index contributed by atoms with van der Waals surface area (Å²) < 4.78 is 21.9. The van der Waals surface area contributed by atoms with Crippen molar-refractivity contribution in [2.75, 3.05) is 19.9 Å². The van der Waals surface area contributed by atoms with Crippen LogP contribution < -0.4 is 9.47 Å². The van der Waals surface area contributed by atoms with E-state index in [1.165, 1.54) is 6.26 Å². The van der Waals surface area contributed by atoms with Crippen molar-refractivity contribution in [1.82, 2.24) is 9.88 Å². The minimum atomic E-state index is -0.202. The predicted molar refractivity (Wildman–Crippen MR) is 105 cm³/mol. The topological polar surface area (TPSA) is 74.0 Å². The monoisotopic (exact) mass is 414 g/mol. The first-order valence-corrected chi connectivity index (χ1v) is 9.88. The van der Waals surface area contributed by atoms with Crippen LogP contribution in [0.4, 0.5) is 0 Å². The van der Waals surface area contributed by atoms with E-state index in [0.717, 1.165) is 30.4 Å². The van der Waals surface area contributed by atoms with E-state index in [2.05, 4.69) is 4.98 Å². The minimum Gasteiger partial charge on any atom is -0.459 e. The van der Waals surface area contributed by atoms with Crippen LogP contribution in [-0.2, 0) is 11.3 Å². The van der Waals surface area contributed by atoms with E-state index in [9.17, 15) is 4.79 Å². The molecule has 4 heterocycles. The standard InChI is InChI=1S/C21H19ClN2O5/c22-20-14(7-13-8-18-19(29-12-28-18)9-16(13)23-20)10-24(11-15-3-1-5-26-15)21(25)17-4-2-6-27-17/h2,4,6-9,15H,1,3,5,10-12H2. The smallest absolute Gasteiger partial charge is 0.289 e. The number of furan rings is 1. The molecule has 1 atom stereocenters. The number of ether oxygens (including phenoxy) is 3. The first kappa shape index (κ1) is 18.3. The molecule has 29 heavy (non-hydrogen) atoms. The van der Waals surface area contributed by atoms with E-state index in [1.807, 2.05) is 18.2 Å². The van der Waals surface area contributed by atoms with Crippen LogP contribution in [0.2, 0.25) is 5.15 Å². The Balaban J connectivity index is 1.46. The zero-order chi connectivity index (χ0) is 19.8. The third-order valence-corrected chi connectivity index (χ3v) is 5.49. The Labute approximate surface area is 172 Å². The quantitative estimate of drug-likeness (QED) is 0.587. The molecule has 0 aliphatic carbocycles. The van der Waals surface area contributed by atoms with Crippen molar-refractivity contribution in [3.05, 3.63) is 53.1 Å². The van der Waals surface area contributed by atoms with Crippen molar-refractivity contribution in [1.29, 1.82) is 0 Å². The van der Waals surface area contributed by atoms with Gasteiger partial charge in [-0.3, -0.25) is 4.79 Å². The van der Waals surface area contributed by atoms with Crippen molar-refractivity contribution >= 4 is 28.4 Å². The molecule has 5 rings (SSSR count). The number of aromatic nitrogens is 1. The number of carbonyl (C=O) groups excluding carboxylic acids is 1. The minimum absolute atomic E-state index is 0.00919. The zero-order valence-corrected chi connectivity index (χ0v) is 16.4. The van der Waals surface area contributed by atoms with Gasteiger partial charge in [-0.05, 0) is 37.1 Å². The molecular weight excluding hydrogens is 396 g/mol. The summed E-state index contributed by atoms with van der Waals surface area (Å²) in [5, 5.41) is 1.22. The van der Waals surface area contributed by atoms with Crippen LogP contribution in [-0.4, -0.2) is 41.8 Å². The number of rotatable bonds is 5. The molecule has 1 aromatic carbocycles. The van der Waals surface area contributed by atoms with E-state index in [-0.39, 0.29) is 24.6 Å². The van der Waals surface area contributed by atoms with Gasteiger partial charge in [-0.15, -0.1) is 0 Å². The molecule has 0 radical (unpaired) electrons. The van der Waals surface area contributed by atoms with Crippen LogP contribution in [0.25, 0.3) is 10.9 Å². The van der Waals surface area contributed by atoms with Gasteiger partial charge in [-0.2, -0.15) is 0 Å². The Morgan fingerprint density at radius 3 is 2.86 bits per heavy atom. The molecule has 2 aromatic heterocycles. The first-order valence-electron chi connectivity index (χ1n) is 9.50. The van der Waals surface area contributed by atoms with E-state index < -0.39 is 0 Å². The first-order chi connectivity index (χ1) is 14.2. The molecule has 0 bridgehead atoms. The molecule has 0 saturated carbocycles. The molecule has 1 saturated heterocycles. The summed E-state index contributed by atoms with van der Waals surface area (Å²) in [5.41, 5.74) is 1.46. The van der Waals surface area contributed by atoms with Gasteiger partial charge in [0.2, 0.25) is 6.79 Å². The maximum atomic E-state index is 13.0. The third-order valence-electron chi connectivity index (χ3n) is 5.16. The second kappa shape index (κ2) is 7.57. The van der Waals surface area contributed by atoms with Crippen LogP contribution in [0.1, 0.15) is 29.0 Å². The molecule has 2 aliphatic heterocycles. The van der Waals surface area contributed by atoms with Gasteiger partial charge in [0.15, 0.2) is 17.3 Å².